The van der Waals surface area contributed by atoms with Crippen LogP contribution >= 0.6 is 0 Å². The molecule has 1 aromatic heterocycles. The van der Waals surface area contributed by atoms with Gasteiger partial charge in [-0.3, -0.25) is 0 Å². The molecule has 0 aliphatic carbocycles. The normalized spacial score (nSPS) is 11.2. The molecule has 0 fully saturated rings. The minimum atomic E-state index is -4.50. The van der Waals surface area contributed by atoms with E-state index in [4.69, 9.17) is 9.84 Å². The first-order chi connectivity index (χ1) is 9.77. The second-order valence-electron chi connectivity index (χ2n) is 4.24. The Hall–Kier alpha value is -2.57. The van der Waals surface area contributed by atoms with E-state index >= 15 is 0 Å². The van der Waals surface area contributed by atoms with Crippen LogP contribution in [0.15, 0.2) is 36.4 Å². The van der Waals surface area contributed by atoms with Gasteiger partial charge in [-0.05, 0) is 37.3 Å². The molecule has 1 N–H and O–H groups in total. The predicted molar refractivity (Wildman–Crippen MR) is 67.5 cm³/mol. The molecule has 110 valence electrons. The van der Waals surface area contributed by atoms with E-state index in [1.807, 2.05) is 0 Å². The highest BCUT2D eigenvalue weighted by Crippen LogP contribution is 2.33. The molecule has 4 nitrogen and oxygen atoms in total. The van der Waals surface area contributed by atoms with Crippen LogP contribution in [0, 0.1) is 6.92 Å². The van der Waals surface area contributed by atoms with Gasteiger partial charge in [-0.25, -0.2) is 9.78 Å². The molecule has 2 aromatic rings. The van der Waals surface area contributed by atoms with Gasteiger partial charge in [0.25, 0.3) is 0 Å². The molecular weight excluding hydrogens is 287 g/mol. The average Bonchev–Trinajstić information content (AvgIpc) is 2.37. The van der Waals surface area contributed by atoms with E-state index < -0.39 is 17.7 Å². The maximum Gasteiger partial charge on any atom is 0.416 e. The molecule has 7 heteroatoms. The zero-order valence-corrected chi connectivity index (χ0v) is 10.8. The predicted octanol–water partition coefficient (Wildman–Crippen LogP) is 3.90. The van der Waals surface area contributed by atoms with Crippen LogP contribution < -0.4 is 4.74 Å². The van der Waals surface area contributed by atoms with E-state index in [0.29, 0.717) is 5.69 Å². The molecule has 0 aliphatic rings. The minimum absolute atomic E-state index is 0.134. The van der Waals surface area contributed by atoms with Crippen molar-refractivity contribution in [3.8, 4) is 11.6 Å². The maximum absolute atomic E-state index is 12.6. The summed E-state index contributed by atoms with van der Waals surface area (Å²) in [6.45, 7) is 1.62. The van der Waals surface area contributed by atoms with Crippen LogP contribution in [-0.2, 0) is 6.18 Å². The van der Waals surface area contributed by atoms with Crippen LogP contribution in [0.2, 0.25) is 0 Å². The van der Waals surface area contributed by atoms with Crippen molar-refractivity contribution in [3.05, 3.63) is 53.2 Å². The van der Waals surface area contributed by atoms with E-state index in [-0.39, 0.29) is 17.2 Å². The van der Waals surface area contributed by atoms with E-state index in [0.717, 1.165) is 12.1 Å². The number of nitrogens with zero attached hydrogens (tertiary/aromatic N) is 1. The zero-order chi connectivity index (χ0) is 15.6. The summed E-state index contributed by atoms with van der Waals surface area (Å²) in [5.41, 5.74) is -0.621. The number of hydrogen-bond donors (Lipinski definition) is 1. The number of carbonyl (C=O) groups is 1. The highest BCUT2D eigenvalue weighted by Gasteiger charge is 2.30. The summed E-state index contributed by atoms with van der Waals surface area (Å²) < 4.78 is 43.0. The summed E-state index contributed by atoms with van der Waals surface area (Å²) in [5.74, 6) is -1.66. The number of halogens is 3. The van der Waals surface area contributed by atoms with Gasteiger partial charge in [0.15, 0.2) is 0 Å². The lowest BCUT2D eigenvalue weighted by Crippen LogP contribution is -2.06. The highest BCUT2D eigenvalue weighted by atomic mass is 19.4. The third-order valence-corrected chi connectivity index (χ3v) is 2.61. The number of aryl methyl sites for hydroxylation is 1. The third kappa shape index (κ3) is 3.50. The summed E-state index contributed by atoms with van der Waals surface area (Å²) >= 11 is 0. The number of alkyl halides is 3. The van der Waals surface area contributed by atoms with Gasteiger partial charge in [-0.15, -0.1) is 0 Å². The fourth-order valence-electron chi connectivity index (χ4n) is 1.62. The largest absolute Gasteiger partial charge is 0.477 e. The zero-order valence-electron chi connectivity index (χ0n) is 10.8. The van der Waals surface area contributed by atoms with Gasteiger partial charge in [-0.2, -0.15) is 13.2 Å². The van der Waals surface area contributed by atoms with Crippen LogP contribution in [0.3, 0.4) is 0 Å². The summed E-state index contributed by atoms with van der Waals surface area (Å²) in [7, 11) is 0. The summed E-state index contributed by atoms with van der Waals surface area (Å²) in [4.78, 5) is 14.9. The molecule has 0 saturated heterocycles. The number of carboxylic acids is 1. The number of carboxylic acid groups (broad SMARTS) is 1. The monoisotopic (exact) mass is 297 g/mol. The van der Waals surface area contributed by atoms with E-state index in [1.54, 1.807) is 6.92 Å². The van der Waals surface area contributed by atoms with Crippen molar-refractivity contribution in [1.82, 2.24) is 4.98 Å². The van der Waals surface area contributed by atoms with Crippen molar-refractivity contribution in [1.29, 1.82) is 0 Å². The van der Waals surface area contributed by atoms with E-state index in [2.05, 4.69) is 4.98 Å². The van der Waals surface area contributed by atoms with Gasteiger partial charge in [0, 0.05) is 5.69 Å². The lowest BCUT2D eigenvalue weighted by molar-refractivity contribution is -0.137. The molecule has 0 spiro atoms. The van der Waals surface area contributed by atoms with E-state index in [9.17, 15) is 18.0 Å². The number of aromatic carboxylic acids is 1. The number of hydrogen-bond acceptors (Lipinski definition) is 3. The lowest BCUT2D eigenvalue weighted by Gasteiger charge is -2.11. The number of rotatable bonds is 3. The first-order valence-electron chi connectivity index (χ1n) is 5.83. The molecule has 21 heavy (non-hydrogen) atoms. The number of pyridine rings is 1. The molecule has 0 amide bonds. The van der Waals surface area contributed by atoms with Gasteiger partial charge >= 0.3 is 12.1 Å². The fraction of sp³-hybridized carbons (Fsp3) is 0.143. The summed E-state index contributed by atoms with van der Waals surface area (Å²) in [6.07, 6.45) is -4.50. The molecule has 1 heterocycles. The Morgan fingerprint density at radius 1 is 1.24 bits per heavy atom. The van der Waals surface area contributed by atoms with Crippen molar-refractivity contribution in [2.24, 2.45) is 0 Å². The quantitative estimate of drug-likeness (QED) is 0.933. The second-order valence-corrected chi connectivity index (χ2v) is 4.24. The standard InChI is InChI=1S/C14H10F3NO3/c1-8-5-6-11(13(19)20)12(18-8)21-10-4-2-3-9(7-10)14(15,16)17/h2-7H,1H3,(H,19,20). The van der Waals surface area contributed by atoms with Crippen molar-refractivity contribution >= 4 is 5.97 Å². The van der Waals surface area contributed by atoms with Crippen LogP contribution in [0.4, 0.5) is 13.2 Å². The topological polar surface area (TPSA) is 59.4 Å². The summed E-state index contributed by atoms with van der Waals surface area (Å²) in [6, 6.07) is 6.92. The molecule has 0 unspecified atom stereocenters. The Kier molecular flexibility index (Phi) is 3.84. The first-order valence-corrected chi connectivity index (χ1v) is 5.83. The SMILES string of the molecule is Cc1ccc(C(=O)O)c(Oc2cccc(C(F)(F)F)c2)n1. The average molecular weight is 297 g/mol. The Labute approximate surface area is 117 Å². The van der Waals surface area contributed by atoms with Gasteiger partial charge in [0.1, 0.15) is 11.3 Å². The molecule has 2 rings (SSSR count). The highest BCUT2D eigenvalue weighted by molar-refractivity contribution is 5.90. The van der Waals surface area contributed by atoms with Gasteiger partial charge < -0.3 is 9.84 Å². The van der Waals surface area contributed by atoms with Gasteiger partial charge in [0.05, 0.1) is 5.56 Å². The molecule has 0 atom stereocenters. The molecule has 0 radical (unpaired) electrons. The van der Waals surface area contributed by atoms with Crippen LogP contribution in [0.1, 0.15) is 21.6 Å². The van der Waals surface area contributed by atoms with Gasteiger partial charge in [-0.1, -0.05) is 6.07 Å². The molecule has 0 saturated carbocycles. The third-order valence-electron chi connectivity index (χ3n) is 2.61. The van der Waals surface area contributed by atoms with Crippen LogP contribution in [-0.4, -0.2) is 16.1 Å². The van der Waals surface area contributed by atoms with Gasteiger partial charge in [0.2, 0.25) is 5.88 Å². The Balaban J connectivity index is 2.39. The minimum Gasteiger partial charge on any atom is -0.477 e. The Bertz CT molecular complexity index is 683. The number of aromatic nitrogens is 1. The van der Waals surface area contributed by atoms with Crippen LogP contribution in [0.5, 0.6) is 11.6 Å². The van der Waals surface area contributed by atoms with Crippen LogP contribution in [0.25, 0.3) is 0 Å². The molecule has 1 aromatic carbocycles. The Morgan fingerprint density at radius 2 is 1.95 bits per heavy atom. The number of ether oxygens (including phenoxy) is 1. The smallest absolute Gasteiger partial charge is 0.416 e. The van der Waals surface area contributed by atoms with Crippen molar-refractivity contribution in [2.75, 3.05) is 0 Å². The Morgan fingerprint density at radius 3 is 2.57 bits per heavy atom. The summed E-state index contributed by atoms with van der Waals surface area (Å²) in [5, 5.41) is 9.02. The lowest BCUT2D eigenvalue weighted by atomic mass is 10.2. The molecule has 0 aliphatic heterocycles. The molecule has 0 bridgehead atoms. The second kappa shape index (κ2) is 5.43. The molecular formula is C14H10F3NO3. The fourth-order valence-corrected chi connectivity index (χ4v) is 1.62. The maximum atomic E-state index is 12.6. The van der Waals surface area contributed by atoms with Crippen molar-refractivity contribution < 1.29 is 27.8 Å². The van der Waals surface area contributed by atoms with E-state index in [1.165, 1.54) is 24.3 Å². The van der Waals surface area contributed by atoms with Crippen molar-refractivity contribution in [3.63, 3.8) is 0 Å². The number of benzene rings is 1. The van der Waals surface area contributed by atoms with Crippen molar-refractivity contribution in [2.45, 2.75) is 13.1 Å². The first kappa shape index (κ1) is 14.8.